The Morgan fingerprint density at radius 3 is 2.68 bits per heavy atom. The maximum absolute atomic E-state index is 5.27. The molecule has 0 spiro atoms. The molecule has 3 rings (SSSR count). The second-order valence-electron chi connectivity index (χ2n) is 7.10. The molecule has 1 aliphatic rings. The number of hydrogen-bond donors (Lipinski definition) is 1. The zero-order chi connectivity index (χ0) is 17.8. The van der Waals surface area contributed by atoms with Gasteiger partial charge in [0.15, 0.2) is 5.82 Å². The number of likely N-dealkylation sites (N-methyl/N-ethyl adjacent to an activating group) is 1. The molecule has 0 atom stereocenters. The van der Waals surface area contributed by atoms with Crippen LogP contribution in [0, 0.1) is 6.92 Å². The molecule has 136 valence electrons. The first-order chi connectivity index (χ1) is 12.0. The number of nitrogens with zero attached hydrogens (tertiary/aromatic N) is 5. The minimum absolute atomic E-state index is 0.260. The van der Waals surface area contributed by atoms with Crippen LogP contribution in [0.2, 0.25) is 0 Å². The van der Waals surface area contributed by atoms with Crippen molar-refractivity contribution < 1.29 is 4.52 Å². The second kappa shape index (κ2) is 7.91. The third-order valence-corrected chi connectivity index (χ3v) is 4.64. The normalized spacial score (nSPS) is 15.7. The molecule has 0 radical (unpaired) electrons. The van der Waals surface area contributed by atoms with Gasteiger partial charge in [0.25, 0.3) is 0 Å². The van der Waals surface area contributed by atoms with Crippen molar-refractivity contribution in [2.75, 3.05) is 31.6 Å². The molecule has 1 fully saturated rings. The van der Waals surface area contributed by atoms with Gasteiger partial charge in [-0.15, -0.1) is 0 Å². The van der Waals surface area contributed by atoms with E-state index in [1.165, 1.54) is 0 Å². The van der Waals surface area contributed by atoms with Crippen molar-refractivity contribution >= 4 is 5.82 Å². The molecule has 25 heavy (non-hydrogen) atoms. The molecule has 0 aliphatic carbocycles. The first-order valence-corrected chi connectivity index (χ1v) is 9.13. The summed E-state index contributed by atoms with van der Waals surface area (Å²) in [5.41, 5.74) is 1.16. The van der Waals surface area contributed by atoms with Crippen LogP contribution in [0.25, 0.3) is 0 Å². The number of piperidine rings is 1. The Hall–Kier alpha value is -2.02. The Labute approximate surface area is 149 Å². The topological polar surface area (TPSA) is 80.0 Å². The van der Waals surface area contributed by atoms with Crippen LogP contribution < -0.4 is 10.2 Å². The predicted octanol–water partition coefficient (Wildman–Crippen LogP) is 2.44. The van der Waals surface area contributed by atoms with E-state index in [2.05, 4.69) is 57.3 Å². The Bertz CT molecular complexity index is 693. The number of aromatic nitrogens is 4. The Balaban J connectivity index is 1.66. The van der Waals surface area contributed by atoms with Gasteiger partial charge in [0.05, 0.1) is 0 Å². The Kier molecular flexibility index (Phi) is 5.63. The van der Waals surface area contributed by atoms with Crippen molar-refractivity contribution in [3.8, 4) is 0 Å². The van der Waals surface area contributed by atoms with Crippen LogP contribution in [0.15, 0.2) is 10.6 Å². The summed E-state index contributed by atoms with van der Waals surface area (Å²) in [6, 6.07) is 2.14. The molecule has 0 unspecified atom stereocenters. The average Bonchev–Trinajstić information content (AvgIpc) is 3.09. The van der Waals surface area contributed by atoms with Crippen molar-refractivity contribution in [1.82, 2.24) is 25.4 Å². The molecule has 1 aliphatic heterocycles. The van der Waals surface area contributed by atoms with Crippen LogP contribution >= 0.6 is 0 Å². The van der Waals surface area contributed by atoms with Gasteiger partial charge in [-0.1, -0.05) is 19.0 Å². The summed E-state index contributed by atoms with van der Waals surface area (Å²) in [6.45, 7) is 8.99. The van der Waals surface area contributed by atoms with Crippen LogP contribution in [-0.4, -0.2) is 46.8 Å². The first-order valence-electron chi connectivity index (χ1n) is 9.13. The molecule has 1 N–H and O–H groups in total. The van der Waals surface area contributed by atoms with E-state index in [0.717, 1.165) is 62.1 Å². The molecule has 7 heteroatoms. The highest BCUT2D eigenvalue weighted by molar-refractivity contribution is 5.40. The van der Waals surface area contributed by atoms with E-state index in [0.29, 0.717) is 11.8 Å². The molecule has 0 bridgehead atoms. The largest absolute Gasteiger partial charge is 0.359 e. The van der Waals surface area contributed by atoms with Gasteiger partial charge in [0.2, 0.25) is 5.89 Å². The zero-order valence-corrected chi connectivity index (χ0v) is 15.6. The first kappa shape index (κ1) is 17.8. The van der Waals surface area contributed by atoms with Crippen LogP contribution in [0.3, 0.4) is 0 Å². The van der Waals surface area contributed by atoms with Crippen LogP contribution in [0.1, 0.15) is 61.8 Å². The number of nitrogens with one attached hydrogen (secondary N) is 1. The molecule has 0 aromatic carbocycles. The van der Waals surface area contributed by atoms with Crippen molar-refractivity contribution in [3.63, 3.8) is 0 Å². The molecule has 2 aromatic heterocycles. The molecule has 7 nitrogen and oxygen atoms in total. The minimum atomic E-state index is 0.260. The van der Waals surface area contributed by atoms with E-state index in [1.807, 2.05) is 6.92 Å². The van der Waals surface area contributed by atoms with E-state index in [1.54, 1.807) is 0 Å². The highest BCUT2D eigenvalue weighted by atomic mass is 16.5. The average molecular weight is 344 g/mol. The van der Waals surface area contributed by atoms with E-state index in [-0.39, 0.29) is 5.92 Å². The highest BCUT2D eigenvalue weighted by Crippen LogP contribution is 2.26. The smallest absolute Gasteiger partial charge is 0.229 e. The SMILES string of the molecule is Cc1nc(C2CCNCC2)cc(N(C)CCc2noc(C(C)C)n2)n1. The Morgan fingerprint density at radius 2 is 2.00 bits per heavy atom. The monoisotopic (exact) mass is 344 g/mol. The number of rotatable bonds is 6. The molecule has 2 aromatic rings. The van der Waals surface area contributed by atoms with E-state index in [4.69, 9.17) is 4.52 Å². The Morgan fingerprint density at radius 1 is 1.24 bits per heavy atom. The number of anilines is 1. The third kappa shape index (κ3) is 4.54. The summed E-state index contributed by atoms with van der Waals surface area (Å²) < 4.78 is 5.27. The van der Waals surface area contributed by atoms with Gasteiger partial charge in [-0.25, -0.2) is 9.97 Å². The number of hydrogen-bond acceptors (Lipinski definition) is 7. The lowest BCUT2D eigenvalue weighted by Crippen LogP contribution is -2.28. The zero-order valence-electron chi connectivity index (χ0n) is 15.6. The van der Waals surface area contributed by atoms with Crippen LogP contribution in [0.5, 0.6) is 0 Å². The van der Waals surface area contributed by atoms with Gasteiger partial charge < -0.3 is 14.7 Å². The van der Waals surface area contributed by atoms with Crippen molar-refractivity contribution in [2.45, 2.75) is 51.9 Å². The summed E-state index contributed by atoms with van der Waals surface area (Å²) in [5, 5.41) is 7.47. The molecule has 0 amide bonds. The summed E-state index contributed by atoms with van der Waals surface area (Å²) >= 11 is 0. The van der Waals surface area contributed by atoms with Gasteiger partial charge >= 0.3 is 0 Å². The summed E-state index contributed by atoms with van der Waals surface area (Å²) in [5.74, 6) is 4.04. The lowest BCUT2D eigenvalue weighted by Gasteiger charge is -2.24. The fourth-order valence-corrected chi connectivity index (χ4v) is 3.08. The van der Waals surface area contributed by atoms with Gasteiger partial charge in [0.1, 0.15) is 11.6 Å². The summed E-state index contributed by atoms with van der Waals surface area (Å²) in [6.07, 6.45) is 3.01. The fraction of sp³-hybridized carbons (Fsp3) is 0.667. The lowest BCUT2D eigenvalue weighted by atomic mass is 9.94. The molecule has 3 heterocycles. The molecular formula is C18H28N6O. The summed E-state index contributed by atoms with van der Waals surface area (Å²) in [7, 11) is 2.05. The van der Waals surface area contributed by atoms with Crippen molar-refractivity contribution in [3.05, 3.63) is 29.3 Å². The summed E-state index contributed by atoms with van der Waals surface area (Å²) in [4.78, 5) is 15.9. The van der Waals surface area contributed by atoms with Crippen LogP contribution in [-0.2, 0) is 6.42 Å². The fourth-order valence-electron chi connectivity index (χ4n) is 3.08. The second-order valence-corrected chi connectivity index (χ2v) is 7.10. The lowest BCUT2D eigenvalue weighted by molar-refractivity contribution is 0.360. The van der Waals surface area contributed by atoms with Gasteiger partial charge in [-0.3, -0.25) is 0 Å². The van der Waals surface area contributed by atoms with Gasteiger partial charge in [-0.05, 0) is 32.9 Å². The quantitative estimate of drug-likeness (QED) is 0.862. The van der Waals surface area contributed by atoms with E-state index >= 15 is 0 Å². The van der Waals surface area contributed by atoms with E-state index in [9.17, 15) is 0 Å². The van der Waals surface area contributed by atoms with Crippen molar-refractivity contribution in [2.24, 2.45) is 0 Å². The maximum Gasteiger partial charge on any atom is 0.229 e. The van der Waals surface area contributed by atoms with Gasteiger partial charge in [0, 0.05) is 43.6 Å². The van der Waals surface area contributed by atoms with Crippen molar-refractivity contribution in [1.29, 1.82) is 0 Å². The predicted molar refractivity (Wildman–Crippen MR) is 97.0 cm³/mol. The third-order valence-electron chi connectivity index (χ3n) is 4.64. The van der Waals surface area contributed by atoms with Crippen LogP contribution in [0.4, 0.5) is 5.82 Å². The maximum atomic E-state index is 5.27. The molecular weight excluding hydrogens is 316 g/mol. The van der Waals surface area contributed by atoms with E-state index < -0.39 is 0 Å². The standard InChI is InChI=1S/C18H28N6O/c1-12(2)18-22-16(23-25-18)7-10-24(4)17-11-15(20-13(3)21-17)14-5-8-19-9-6-14/h11-12,14,19H,5-10H2,1-4H3. The molecule has 1 saturated heterocycles. The number of aryl methyl sites for hydroxylation is 1. The highest BCUT2D eigenvalue weighted by Gasteiger charge is 2.19. The van der Waals surface area contributed by atoms with Gasteiger partial charge in [-0.2, -0.15) is 4.98 Å². The minimum Gasteiger partial charge on any atom is -0.359 e. The molecule has 0 saturated carbocycles.